The number of aryl methyl sites for hydroxylation is 1. The lowest BCUT2D eigenvalue weighted by atomic mass is 10.2. The zero-order valence-corrected chi connectivity index (χ0v) is 9.71. The summed E-state index contributed by atoms with van der Waals surface area (Å²) in [6.07, 6.45) is 0.201. The summed E-state index contributed by atoms with van der Waals surface area (Å²) in [6, 6.07) is 6.90. The van der Waals surface area contributed by atoms with Crippen molar-refractivity contribution in [1.82, 2.24) is 0 Å². The van der Waals surface area contributed by atoms with E-state index < -0.39 is 9.84 Å². The van der Waals surface area contributed by atoms with Crippen molar-refractivity contribution in [3.63, 3.8) is 0 Å². The molecule has 1 unspecified atom stereocenters. The summed E-state index contributed by atoms with van der Waals surface area (Å²) < 4.78 is 23.8. The van der Waals surface area contributed by atoms with E-state index in [1.165, 1.54) is 0 Å². The van der Waals surface area contributed by atoms with E-state index in [-0.39, 0.29) is 18.2 Å². The molecule has 0 amide bonds. The highest BCUT2D eigenvalue weighted by Gasteiger charge is 2.29. The molecule has 0 saturated carbocycles. The third kappa shape index (κ3) is 1.89. The number of nitrogens with zero attached hydrogens (tertiary/aromatic N) is 1. The topological polar surface area (TPSA) is 70.0 Å². The molecule has 0 aromatic heterocycles. The molecule has 1 aliphatic rings. The largest absolute Gasteiger partial charge is 0.379 e. The zero-order valence-electron chi connectivity index (χ0n) is 8.90. The van der Waals surface area contributed by atoms with E-state index in [0.717, 1.165) is 5.56 Å². The first kappa shape index (κ1) is 11.0. The van der Waals surface area contributed by atoms with Crippen LogP contribution in [0, 0.1) is 18.3 Å². The van der Waals surface area contributed by atoms with Crippen molar-refractivity contribution in [1.29, 1.82) is 5.26 Å². The van der Waals surface area contributed by atoms with E-state index >= 15 is 0 Å². The number of benzene rings is 1. The average Bonchev–Trinajstić information content (AvgIpc) is 2.15. The highest BCUT2D eigenvalue weighted by atomic mass is 32.2. The second-order valence-electron chi connectivity index (χ2n) is 3.98. The number of rotatable bonds is 1. The van der Waals surface area contributed by atoms with E-state index in [1.54, 1.807) is 18.2 Å². The van der Waals surface area contributed by atoms with Crippen molar-refractivity contribution in [3.8, 4) is 6.07 Å². The maximum absolute atomic E-state index is 11.9. The predicted octanol–water partition coefficient (Wildman–Crippen LogP) is 1.48. The van der Waals surface area contributed by atoms with Crippen LogP contribution in [0.1, 0.15) is 12.0 Å². The molecule has 1 N–H and O–H groups in total. The van der Waals surface area contributed by atoms with Crippen LogP contribution in [-0.2, 0) is 9.84 Å². The van der Waals surface area contributed by atoms with Crippen LogP contribution in [0.15, 0.2) is 23.1 Å². The number of hydrogen-bond acceptors (Lipinski definition) is 4. The van der Waals surface area contributed by atoms with Crippen LogP contribution in [0.3, 0.4) is 0 Å². The lowest BCUT2D eigenvalue weighted by molar-refractivity contribution is 0.586. The second-order valence-corrected chi connectivity index (χ2v) is 5.99. The van der Waals surface area contributed by atoms with Gasteiger partial charge in [0.25, 0.3) is 0 Å². The Morgan fingerprint density at radius 1 is 1.56 bits per heavy atom. The Labute approximate surface area is 94.8 Å². The van der Waals surface area contributed by atoms with E-state index in [2.05, 4.69) is 5.32 Å². The molecule has 0 aliphatic carbocycles. The Kier molecular flexibility index (Phi) is 2.60. The van der Waals surface area contributed by atoms with Crippen molar-refractivity contribution in [2.75, 3.05) is 11.1 Å². The molecule has 16 heavy (non-hydrogen) atoms. The number of fused-ring (bicyclic) bond motifs is 1. The zero-order chi connectivity index (χ0) is 11.8. The Hall–Kier alpha value is -1.54. The van der Waals surface area contributed by atoms with Gasteiger partial charge in [-0.2, -0.15) is 5.26 Å². The first-order chi connectivity index (χ1) is 7.53. The molecule has 0 fully saturated rings. The van der Waals surface area contributed by atoms with Crippen molar-refractivity contribution in [3.05, 3.63) is 23.8 Å². The molecule has 1 aromatic carbocycles. The van der Waals surface area contributed by atoms with Crippen LogP contribution >= 0.6 is 0 Å². The molecule has 5 heteroatoms. The van der Waals surface area contributed by atoms with Crippen LogP contribution in [0.2, 0.25) is 0 Å². The molecule has 0 spiro atoms. The van der Waals surface area contributed by atoms with Gasteiger partial charge in [-0.05, 0) is 24.6 Å². The number of nitrogens with one attached hydrogen (secondary N) is 1. The summed E-state index contributed by atoms with van der Waals surface area (Å²) in [5, 5.41) is 11.7. The predicted molar refractivity (Wildman–Crippen MR) is 60.9 cm³/mol. The third-order valence-electron chi connectivity index (χ3n) is 2.59. The minimum Gasteiger partial charge on any atom is -0.379 e. The van der Waals surface area contributed by atoms with Crippen molar-refractivity contribution >= 4 is 15.5 Å². The first-order valence-corrected chi connectivity index (χ1v) is 6.65. The van der Waals surface area contributed by atoms with E-state index in [9.17, 15) is 8.42 Å². The minimum absolute atomic E-state index is 0.00335. The fourth-order valence-electron chi connectivity index (χ4n) is 1.86. The van der Waals surface area contributed by atoms with E-state index in [0.29, 0.717) is 10.6 Å². The standard InChI is InChI=1S/C11H12N2O2S/c1-8-2-3-11-10(6-8)13-9(4-5-12)7-16(11,14)15/h2-3,6,9,13H,4,7H2,1H3. The van der Waals surface area contributed by atoms with Gasteiger partial charge in [0.15, 0.2) is 9.84 Å². The maximum Gasteiger partial charge on any atom is 0.182 e. The maximum atomic E-state index is 11.9. The summed E-state index contributed by atoms with van der Waals surface area (Å²) in [5.41, 5.74) is 1.62. The van der Waals surface area contributed by atoms with Gasteiger partial charge in [-0.3, -0.25) is 0 Å². The molecule has 0 saturated heterocycles. The van der Waals surface area contributed by atoms with Crippen LogP contribution in [-0.4, -0.2) is 20.2 Å². The molecule has 0 bridgehead atoms. The number of sulfone groups is 1. The van der Waals surface area contributed by atoms with Gasteiger partial charge in [0.05, 0.1) is 34.9 Å². The second kappa shape index (κ2) is 3.80. The van der Waals surface area contributed by atoms with E-state index in [1.807, 2.05) is 13.0 Å². The normalized spacial score (nSPS) is 21.6. The quantitative estimate of drug-likeness (QED) is 0.801. The monoisotopic (exact) mass is 236 g/mol. The number of hydrogen-bond donors (Lipinski definition) is 1. The highest BCUT2D eigenvalue weighted by Crippen LogP contribution is 2.29. The smallest absolute Gasteiger partial charge is 0.182 e. The van der Waals surface area contributed by atoms with E-state index in [4.69, 9.17) is 5.26 Å². The third-order valence-corrected chi connectivity index (χ3v) is 4.46. The first-order valence-electron chi connectivity index (χ1n) is 5.00. The fourth-order valence-corrected chi connectivity index (χ4v) is 3.50. The van der Waals surface area contributed by atoms with Gasteiger partial charge < -0.3 is 5.32 Å². The van der Waals surface area contributed by atoms with Crippen molar-refractivity contribution in [2.24, 2.45) is 0 Å². The molecule has 1 aromatic rings. The van der Waals surface area contributed by atoms with Gasteiger partial charge in [0.1, 0.15) is 0 Å². The van der Waals surface area contributed by atoms with Gasteiger partial charge in [-0.15, -0.1) is 0 Å². The van der Waals surface area contributed by atoms with Gasteiger partial charge >= 0.3 is 0 Å². The fraction of sp³-hybridized carbons (Fsp3) is 0.364. The summed E-state index contributed by atoms with van der Waals surface area (Å²) >= 11 is 0. The number of anilines is 1. The Morgan fingerprint density at radius 2 is 2.31 bits per heavy atom. The summed E-state index contributed by atoms with van der Waals surface area (Å²) in [6.45, 7) is 1.91. The molecule has 0 radical (unpaired) electrons. The highest BCUT2D eigenvalue weighted by molar-refractivity contribution is 7.91. The molecule has 84 valence electrons. The average molecular weight is 236 g/mol. The Morgan fingerprint density at radius 3 is 3.00 bits per heavy atom. The summed E-state index contributed by atoms with van der Waals surface area (Å²) in [7, 11) is -3.24. The molecular weight excluding hydrogens is 224 g/mol. The van der Waals surface area contributed by atoms with Crippen LogP contribution in [0.25, 0.3) is 0 Å². The van der Waals surface area contributed by atoms with Gasteiger partial charge in [0, 0.05) is 0 Å². The molecule has 1 aliphatic heterocycles. The summed E-state index contributed by atoms with van der Waals surface area (Å²) in [5.74, 6) is -0.00335. The van der Waals surface area contributed by atoms with Gasteiger partial charge in [-0.25, -0.2) is 8.42 Å². The van der Waals surface area contributed by atoms with Gasteiger partial charge in [-0.1, -0.05) is 6.07 Å². The Balaban J connectivity index is 2.49. The SMILES string of the molecule is Cc1ccc2c(c1)NC(CC#N)CS2(=O)=O. The van der Waals surface area contributed by atoms with Crippen LogP contribution in [0.5, 0.6) is 0 Å². The lowest BCUT2D eigenvalue weighted by Gasteiger charge is -2.25. The number of nitriles is 1. The van der Waals surface area contributed by atoms with Crippen molar-refractivity contribution in [2.45, 2.75) is 24.3 Å². The Bertz CT molecular complexity index is 558. The lowest BCUT2D eigenvalue weighted by Crippen LogP contribution is -2.33. The molecule has 1 heterocycles. The van der Waals surface area contributed by atoms with Crippen LogP contribution in [0.4, 0.5) is 5.69 Å². The molecule has 4 nitrogen and oxygen atoms in total. The minimum atomic E-state index is -3.24. The van der Waals surface area contributed by atoms with Crippen LogP contribution < -0.4 is 5.32 Å². The summed E-state index contributed by atoms with van der Waals surface area (Å²) in [4.78, 5) is 0.340. The van der Waals surface area contributed by atoms with Crippen molar-refractivity contribution < 1.29 is 8.42 Å². The van der Waals surface area contributed by atoms with Gasteiger partial charge in [0.2, 0.25) is 0 Å². The molecule has 1 atom stereocenters. The molecular formula is C11H12N2O2S. The molecule has 2 rings (SSSR count).